The highest BCUT2D eigenvalue weighted by Crippen LogP contribution is 2.49. The SMILES string of the molecule is CC1NCCC1C(=O)NC(C)C1CC2CCC1C2. The van der Waals surface area contributed by atoms with Crippen molar-refractivity contribution in [2.75, 3.05) is 6.54 Å². The number of fused-ring (bicyclic) bond motifs is 2. The fraction of sp³-hybridized carbons (Fsp3) is 0.933. The topological polar surface area (TPSA) is 41.1 Å². The van der Waals surface area contributed by atoms with Crippen LogP contribution in [0.4, 0.5) is 0 Å². The predicted octanol–water partition coefficient (Wildman–Crippen LogP) is 1.93. The maximum absolute atomic E-state index is 12.3. The molecule has 2 bridgehead atoms. The number of carbonyl (C=O) groups is 1. The molecule has 0 spiro atoms. The van der Waals surface area contributed by atoms with E-state index in [0.29, 0.717) is 12.1 Å². The van der Waals surface area contributed by atoms with Crippen LogP contribution in [0.5, 0.6) is 0 Å². The molecule has 18 heavy (non-hydrogen) atoms. The van der Waals surface area contributed by atoms with Crippen LogP contribution in [-0.2, 0) is 4.79 Å². The third-order valence-corrected chi connectivity index (χ3v) is 5.67. The number of hydrogen-bond donors (Lipinski definition) is 2. The van der Waals surface area contributed by atoms with Crippen molar-refractivity contribution in [3.05, 3.63) is 0 Å². The van der Waals surface area contributed by atoms with Crippen molar-refractivity contribution in [1.82, 2.24) is 10.6 Å². The third-order valence-electron chi connectivity index (χ3n) is 5.67. The Morgan fingerprint density at radius 2 is 2.11 bits per heavy atom. The van der Waals surface area contributed by atoms with E-state index in [1.807, 2.05) is 0 Å². The Bertz CT molecular complexity index is 330. The molecule has 2 N–H and O–H groups in total. The maximum atomic E-state index is 12.3. The molecule has 1 aliphatic heterocycles. The van der Waals surface area contributed by atoms with Crippen LogP contribution in [0.25, 0.3) is 0 Å². The number of amides is 1. The fourth-order valence-electron chi connectivity index (χ4n) is 4.56. The summed E-state index contributed by atoms with van der Waals surface area (Å²) >= 11 is 0. The molecule has 0 aromatic heterocycles. The second-order valence-corrected chi connectivity index (χ2v) is 6.77. The molecule has 1 heterocycles. The van der Waals surface area contributed by atoms with Crippen LogP contribution in [0.2, 0.25) is 0 Å². The van der Waals surface area contributed by atoms with Crippen molar-refractivity contribution in [3.8, 4) is 0 Å². The summed E-state index contributed by atoms with van der Waals surface area (Å²) in [5.41, 5.74) is 0. The summed E-state index contributed by atoms with van der Waals surface area (Å²) in [5.74, 6) is 3.07. The van der Waals surface area contributed by atoms with Gasteiger partial charge >= 0.3 is 0 Å². The lowest BCUT2D eigenvalue weighted by Gasteiger charge is -2.29. The van der Waals surface area contributed by atoms with E-state index in [0.717, 1.165) is 30.7 Å². The van der Waals surface area contributed by atoms with Gasteiger partial charge in [-0.15, -0.1) is 0 Å². The molecule has 3 heteroatoms. The molecule has 1 amide bonds. The Morgan fingerprint density at radius 1 is 1.28 bits per heavy atom. The molecular weight excluding hydrogens is 224 g/mol. The van der Waals surface area contributed by atoms with Gasteiger partial charge < -0.3 is 10.6 Å². The molecule has 3 fully saturated rings. The normalized spacial score (nSPS) is 44.2. The minimum absolute atomic E-state index is 0.186. The first kappa shape index (κ1) is 12.5. The third kappa shape index (κ3) is 2.18. The molecular formula is C15H26N2O. The van der Waals surface area contributed by atoms with Crippen LogP contribution >= 0.6 is 0 Å². The maximum Gasteiger partial charge on any atom is 0.224 e. The largest absolute Gasteiger partial charge is 0.353 e. The van der Waals surface area contributed by atoms with E-state index < -0.39 is 0 Å². The highest BCUT2D eigenvalue weighted by molar-refractivity contribution is 5.80. The molecule has 3 nitrogen and oxygen atoms in total. The van der Waals surface area contributed by atoms with E-state index in [9.17, 15) is 4.79 Å². The minimum atomic E-state index is 0.186. The minimum Gasteiger partial charge on any atom is -0.353 e. The molecule has 3 aliphatic rings. The van der Waals surface area contributed by atoms with Crippen molar-refractivity contribution in [2.24, 2.45) is 23.7 Å². The number of rotatable bonds is 3. The van der Waals surface area contributed by atoms with E-state index in [-0.39, 0.29) is 11.8 Å². The number of carbonyl (C=O) groups excluding carboxylic acids is 1. The summed E-state index contributed by atoms with van der Waals surface area (Å²) in [5, 5.41) is 6.66. The van der Waals surface area contributed by atoms with E-state index in [4.69, 9.17) is 0 Å². The van der Waals surface area contributed by atoms with Crippen molar-refractivity contribution in [2.45, 2.75) is 58.0 Å². The molecule has 102 valence electrons. The molecule has 6 unspecified atom stereocenters. The highest BCUT2D eigenvalue weighted by Gasteiger charge is 2.42. The summed E-state index contributed by atoms with van der Waals surface area (Å²) < 4.78 is 0. The summed E-state index contributed by atoms with van der Waals surface area (Å²) in [6, 6.07) is 0.720. The highest BCUT2D eigenvalue weighted by atomic mass is 16.2. The molecule has 2 aliphatic carbocycles. The molecule has 0 aromatic rings. The lowest BCUT2D eigenvalue weighted by Crippen LogP contribution is -2.45. The van der Waals surface area contributed by atoms with Crippen molar-refractivity contribution < 1.29 is 4.79 Å². The zero-order chi connectivity index (χ0) is 12.7. The monoisotopic (exact) mass is 250 g/mol. The Kier molecular flexibility index (Phi) is 3.35. The first-order valence-corrected chi connectivity index (χ1v) is 7.69. The van der Waals surface area contributed by atoms with Crippen LogP contribution in [-0.4, -0.2) is 24.5 Å². The number of hydrogen-bond acceptors (Lipinski definition) is 2. The van der Waals surface area contributed by atoms with Gasteiger partial charge in [0.2, 0.25) is 5.91 Å². The van der Waals surface area contributed by atoms with E-state index in [2.05, 4.69) is 24.5 Å². The van der Waals surface area contributed by atoms with Crippen molar-refractivity contribution in [3.63, 3.8) is 0 Å². The lowest BCUT2D eigenvalue weighted by molar-refractivity contribution is -0.126. The Labute approximate surface area is 110 Å². The van der Waals surface area contributed by atoms with Crippen LogP contribution in [0.15, 0.2) is 0 Å². The molecule has 6 atom stereocenters. The molecule has 0 aromatic carbocycles. The smallest absolute Gasteiger partial charge is 0.224 e. The van der Waals surface area contributed by atoms with Crippen LogP contribution < -0.4 is 10.6 Å². The van der Waals surface area contributed by atoms with Crippen molar-refractivity contribution >= 4 is 5.91 Å². The summed E-state index contributed by atoms with van der Waals surface area (Å²) in [4.78, 5) is 12.3. The van der Waals surface area contributed by atoms with Crippen LogP contribution in [0, 0.1) is 23.7 Å². The standard InChI is InChI=1S/C15H26N2O/c1-9-13(5-6-16-9)15(18)17-10(2)14-8-11-3-4-12(14)7-11/h9-14,16H,3-8H2,1-2H3,(H,17,18). The van der Waals surface area contributed by atoms with Gasteiger partial charge in [-0.3, -0.25) is 4.79 Å². The second kappa shape index (κ2) is 4.84. The van der Waals surface area contributed by atoms with Gasteiger partial charge in [0.1, 0.15) is 0 Å². The van der Waals surface area contributed by atoms with E-state index in [1.54, 1.807) is 0 Å². The quantitative estimate of drug-likeness (QED) is 0.803. The second-order valence-electron chi connectivity index (χ2n) is 6.77. The fourth-order valence-corrected chi connectivity index (χ4v) is 4.56. The zero-order valence-electron chi connectivity index (χ0n) is 11.6. The first-order valence-electron chi connectivity index (χ1n) is 7.69. The Hall–Kier alpha value is -0.570. The van der Waals surface area contributed by atoms with E-state index >= 15 is 0 Å². The first-order chi connectivity index (χ1) is 8.65. The number of nitrogens with one attached hydrogen (secondary N) is 2. The Balaban J connectivity index is 1.54. The molecule has 2 saturated carbocycles. The van der Waals surface area contributed by atoms with Gasteiger partial charge in [-0.1, -0.05) is 6.42 Å². The van der Waals surface area contributed by atoms with Gasteiger partial charge in [-0.25, -0.2) is 0 Å². The zero-order valence-corrected chi connectivity index (χ0v) is 11.6. The molecule has 1 saturated heterocycles. The summed E-state index contributed by atoms with van der Waals surface area (Å²) in [6.45, 7) is 5.33. The average Bonchev–Trinajstić information content (AvgIpc) is 3.03. The lowest BCUT2D eigenvalue weighted by atomic mass is 9.83. The van der Waals surface area contributed by atoms with Crippen LogP contribution in [0.1, 0.15) is 46.0 Å². The van der Waals surface area contributed by atoms with Gasteiger partial charge in [0.25, 0.3) is 0 Å². The Morgan fingerprint density at radius 3 is 2.67 bits per heavy atom. The summed E-state index contributed by atoms with van der Waals surface area (Å²) in [6.07, 6.45) is 6.61. The van der Waals surface area contributed by atoms with Crippen LogP contribution in [0.3, 0.4) is 0 Å². The van der Waals surface area contributed by atoms with Gasteiger partial charge in [-0.2, -0.15) is 0 Å². The molecule has 0 radical (unpaired) electrons. The van der Waals surface area contributed by atoms with E-state index in [1.165, 1.54) is 25.7 Å². The van der Waals surface area contributed by atoms with Gasteiger partial charge in [0.05, 0.1) is 5.92 Å². The molecule has 3 rings (SSSR count). The van der Waals surface area contributed by atoms with Gasteiger partial charge in [-0.05, 0) is 63.8 Å². The predicted molar refractivity (Wildman–Crippen MR) is 72.1 cm³/mol. The van der Waals surface area contributed by atoms with Gasteiger partial charge in [0, 0.05) is 12.1 Å². The van der Waals surface area contributed by atoms with Crippen molar-refractivity contribution in [1.29, 1.82) is 0 Å². The average molecular weight is 250 g/mol. The van der Waals surface area contributed by atoms with Gasteiger partial charge in [0.15, 0.2) is 0 Å². The summed E-state index contributed by atoms with van der Waals surface area (Å²) in [7, 11) is 0.